The third-order valence-electron chi connectivity index (χ3n) is 3.62. The number of hydrogen-bond acceptors (Lipinski definition) is 3. The second-order valence-corrected chi connectivity index (χ2v) is 6.47. The van der Waals surface area contributed by atoms with Gasteiger partial charge in [0.1, 0.15) is 0 Å². The molecular formula is C14H32N2S. The zero-order valence-corrected chi connectivity index (χ0v) is 13.5. The van der Waals surface area contributed by atoms with Gasteiger partial charge in [-0.2, -0.15) is 11.8 Å². The van der Waals surface area contributed by atoms with E-state index < -0.39 is 0 Å². The summed E-state index contributed by atoms with van der Waals surface area (Å²) in [6, 6.07) is 0.669. The molecule has 0 saturated carbocycles. The van der Waals surface area contributed by atoms with Crippen molar-refractivity contribution >= 4 is 11.8 Å². The van der Waals surface area contributed by atoms with Crippen molar-refractivity contribution < 1.29 is 0 Å². The van der Waals surface area contributed by atoms with Crippen molar-refractivity contribution in [2.75, 3.05) is 38.7 Å². The van der Waals surface area contributed by atoms with E-state index in [-0.39, 0.29) is 0 Å². The van der Waals surface area contributed by atoms with Crippen LogP contribution in [0.3, 0.4) is 0 Å². The van der Waals surface area contributed by atoms with E-state index in [1.54, 1.807) is 0 Å². The first-order chi connectivity index (χ1) is 7.99. The van der Waals surface area contributed by atoms with Crippen LogP contribution in [-0.2, 0) is 0 Å². The van der Waals surface area contributed by atoms with Gasteiger partial charge in [-0.1, -0.05) is 20.8 Å². The summed E-state index contributed by atoms with van der Waals surface area (Å²) >= 11 is 1.94. The van der Waals surface area contributed by atoms with E-state index in [1.165, 1.54) is 25.1 Å². The Labute approximate surface area is 113 Å². The summed E-state index contributed by atoms with van der Waals surface area (Å²) in [4.78, 5) is 2.51. The fourth-order valence-corrected chi connectivity index (χ4v) is 2.72. The van der Waals surface area contributed by atoms with Crippen LogP contribution in [0.25, 0.3) is 0 Å². The molecule has 2 nitrogen and oxygen atoms in total. The molecule has 0 spiro atoms. The zero-order chi connectivity index (χ0) is 13.3. The van der Waals surface area contributed by atoms with Crippen LogP contribution in [0.2, 0.25) is 0 Å². The molecule has 0 fully saturated rings. The quantitative estimate of drug-likeness (QED) is 0.608. The maximum absolute atomic E-state index is 3.57. The molecule has 1 N–H and O–H groups in total. The molecule has 0 rings (SSSR count). The Balaban J connectivity index is 4.15. The van der Waals surface area contributed by atoms with Crippen LogP contribution in [0, 0.1) is 5.41 Å². The highest BCUT2D eigenvalue weighted by Crippen LogP contribution is 2.22. The summed E-state index contributed by atoms with van der Waals surface area (Å²) in [6.45, 7) is 12.7. The second-order valence-electron chi connectivity index (χ2n) is 5.56. The predicted octanol–water partition coefficient (Wildman–Crippen LogP) is 3.09. The van der Waals surface area contributed by atoms with Gasteiger partial charge in [-0.25, -0.2) is 0 Å². The van der Waals surface area contributed by atoms with Crippen molar-refractivity contribution in [1.82, 2.24) is 10.2 Å². The van der Waals surface area contributed by atoms with Crippen LogP contribution in [0.1, 0.15) is 40.5 Å². The predicted molar refractivity (Wildman–Crippen MR) is 82.0 cm³/mol. The third-order valence-corrected chi connectivity index (χ3v) is 4.44. The molecule has 3 heteroatoms. The summed E-state index contributed by atoms with van der Waals surface area (Å²) in [6.07, 6.45) is 4.64. The lowest BCUT2D eigenvalue weighted by atomic mass is 9.86. The molecule has 0 amide bonds. The van der Waals surface area contributed by atoms with Gasteiger partial charge in [-0.05, 0) is 45.0 Å². The molecular weight excluding hydrogens is 228 g/mol. The standard InChI is InChI=1S/C14H32N2S/c1-7-9-15-11-14(4,8-2)12-16(5)13(3)10-17-6/h13,15H,7-12H2,1-6H3. The van der Waals surface area contributed by atoms with Gasteiger partial charge in [0, 0.05) is 24.9 Å². The van der Waals surface area contributed by atoms with E-state index in [1.807, 2.05) is 11.8 Å². The van der Waals surface area contributed by atoms with Gasteiger partial charge in [0.15, 0.2) is 0 Å². The van der Waals surface area contributed by atoms with Gasteiger partial charge in [-0.15, -0.1) is 0 Å². The number of nitrogens with one attached hydrogen (secondary N) is 1. The fraction of sp³-hybridized carbons (Fsp3) is 1.00. The molecule has 2 unspecified atom stereocenters. The van der Waals surface area contributed by atoms with Gasteiger partial charge in [0.25, 0.3) is 0 Å². The molecule has 0 heterocycles. The molecule has 0 radical (unpaired) electrons. The monoisotopic (exact) mass is 260 g/mol. The molecule has 0 bridgehead atoms. The topological polar surface area (TPSA) is 15.3 Å². The van der Waals surface area contributed by atoms with Gasteiger partial charge in [-0.3, -0.25) is 0 Å². The molecule has 2 atom stereocenters. The summed E-state index contributed by atoms with van der Waals surface area (Å²) in [7, 11) is 2.26. The molecule has 0 aromatic rings. The summed E-state index contributed by atoms with van der Waals surface area (Å²) < 4.78 is 0. The molecule has 17 heavy (non-hydrogen) atoms. The molecule has 0 aromatic carbocycles. The fourth-order valence-electron chi connectivity index (χ4n) is 1.99. The third kappa shape index (κ3) is 7.32. The van der Waals surface area contributed by atoms with E-state index in [9.17, 15) is 0 Å². The molecule has 0 saturated heterocycles. The molecule has 0 aliphatic rings. The minimum absolute atomic E-state index is 0.399. The molecule has 0 aromatic heterocycles. The Morgan fingerprint density at radius 2 is 2.00 bits per heavy atom. The SMILES string of the molecule is CCCNCC(C)(CC)CN(C)C(C)CSC. The maximum atomic E-state index is 3.57. The normalized spacial score (nSPS) is 17.1. The van der Waals surface area contributed by atoms with Crippen LogP contribution in [0.4, 0.5) is 0 Å². The molecule has 0 aliphatic carbocycles. The first kappa shape index (κ1) is 17.3. The second kappa shape index (κ2) is 9.23. The minimum Gasteiger partial charge on any atom is -0.316 e. The highest BCUT2D eigenvalue weighted by molar-refractivity contribution is 7.98. The van der Waals surface area contributed by atoms with Crippen molar-refractivity contribution in [3.63, 3.8) is 0 Å². The van der Waals surface area contributed by atoms with Gasteiger partial charge >= 0.3 is 0 Å². The smallest absolute Gasteiger partial charge is 0.0155 e. The first-order valence-electron chi connectivity index (χ1n) is 6.89. The number of hydrogen-bond donors (Lipinski definition) is 1. The number of rotatable bonds is 10. The first-order valence-corrected chi connectivity index (χ1v) is 8.28. The van der Waals surface area contributed by atoms with E-state index in [0.29, 0.717) is 11.5 Å². The molecule has 0 aliphatic heterocycles. The van der Waals surface area contributed by atoms with Crippen molar-refractivity contribution in [1.29, 1.82) is 0 Å². The Morgan fingerprint density at radius 3 is 2.47 bits per heavy atom. The Bertz CT molecular complexity index is 187. The van der Waals surface area contributed by atoms with E-state index in [4.69, 9.17) is 0 Å². The molecule has 104 valence electrons. The average Bonchev–Trinajstić information content (AvgIpc) is 2.29. The minimum atomic E-state index is 0.399. The highest BCUT2D eigenvalue weighted by Gasteiger charge is 2.25. The van der Waals surface area contributed by atoms with Crippen LogP contribution >= 0.6 is 11.8 Å². The Morgan fingerprint density at radius 1 is 1.35 bits per heavy atom. The number of thioether (sulfide) groups is 1. The van der Waals surface area contributed by atoms with Crippen LogP contribution in [-0.4, -0.2) is 49.6 Å². The summed E-state index contributed by atoms with van der Waals surface area (Å²) in [5.74, 6) is 1.22. The lowest BCUT2D eigenvalue weighted by Crippen LogP contribution is -2.44. The van der Waals surface area contributed by atoms with Crippen LogP contribution < -0.4 is 5.32 Å². The summed E-state index contributed by atoms with van der Waals surface area (Å²) in [5, 5.41) is 3.57. The largest absolute Gasteiger partial charge is 0.316 e. The van der Waals surface area contributed by atoms with Crippen molar-refractivity contribution in [2.45, 2.75) is 46.6 Å². The average molecular weight is 260 g/mol. The van der Waals surface area contributed by atoms with E-state index in [2.05, 4.69) is 51.2 Å². The van der Waals surface area contributed by atoms with Crippen molar-refractivity contribution in [2.24, 2.45) is 5.41 Å². The van der Waals surface area contributed by atoms with E-state index in [0.717, 1.165) is 13.1 Å². The van der Waals surface area contributed by atoms with Crippen molar-refractivity contribution in [3.8, 4) is 0 Å². The van der Waals surface area contributed by atoms with Crippen molar-refractivity contribution in [3.05, 3.63) is 0 Å². The van der Waals surface area contributed by atoms with Gasteiger partial charge in [0.05, 0.1) is 0 Å². The van der Waals surface area contributed by atoms with Crippen LogP contribution in [0.15, 0.2) is 0 Å². The van der Waals surface area contributed by atoms with E-state index >= 15 is 0 Å². The Kier molecular flexibility index (Phi) is 9.38. The van der Waals surface area contributed by atoms with Gasteiger partial charge in [0.2, 0.25) is 0 Å². The number of nitrogens with zero attached hydrogens (tertiary/aromatic N) is 1. The summed E-state index contributed by atoms with van der Waals surface area (Å²) in [5.41, 5.74) is 0.399. The highest BCUT2D eigenvalue weighted by atomic mass is 32.2. The lowest BCUT2D eigenvalue weighted by molar-refractivity contribution is 0.156. The lowest BCUT2D eigenvalue weighted by Gasteiger charge is -2.36. The maximum Gasteiger partial charge on any atom is 0.0155 e. The van der Waals surface area contributed by atoms with Crippen LogP contribution in [0.5, 0.6) is 0 Å². The zero-order valence-electron chi connectivity index (χ0n) is 12.7. The Hall–Kier alpha value is 0.270. The van der Waals surface area contributed by atoms with Gasteiger partial charge < -0.3 is 10.2 Å².